The molecule has 0 saturated heterocycles. The van der Waals surface area contributed by atoms with E-state index < -0.39 is 25.4 Å². The van der Waals surface area contributed by atoms with Crippen molar-refractivity contribution in [3.05, 3.63) is 130 Å². The van der Waals surface area contributed by atoms with E-state index in [0.717, 1.165) is 75.1 Å². The van der Waals surface area contributed by atoms with E-state index in [1.165, 1.54) is 0 Å². The summed E-state index contributed by atoms with van der Waals surface area (Å²) in [6.45, 7) is 1.97. The third-order valence-corrected chi connectivity index (χ3v) is 6.43. The molecule has 0 aliphatic heterocycles. The predicted octanol–water partition coefficient (Wildman–Crippen LogP) is -7.24. The van der Waals surface area contributed by atoms with Crippen LogP contribution in [0.3, 0.4) is 0 Å². The molecule has 0 saturated carbocycles. The van der Waals surface area contributed by atoms with Gasteiger partial charge in [-0.05, 0) is 36.4 Å². The predicted molar refractivity (Wildman–Crippen MR) is 164 cm³/mol. The van der Waals surface area contributed by atoms with Crippen LogP contribution >= 0.6 is 0 Å². The number of aromatic amines is 3. The Morgan fingerprint density at radius 1 is 0.564 bits per heavy atom. The summed E-state index contributed by atoms with van der Waals surface area (Å²) >= 11 is 0. The second-order valence-electron chi connectivity index (χ2n) is 10.2. The smallest absolute Gasteiger partial charge is 0.619 e. The molecule has 0 bridgehead atoms. The number of nitrogens with one attached hydrogen (secondary N) is 3. The third kappa shape index (κ3) is 17.8. The molecule has 0 unspecified atom stereocenters. The molecule has 1 radical (unpaired) electrons. The van der Waals surface area contributed by atoms with Gasteiger partial charge in [0, 0.05) is 0 Å². The van der Waals surface area contributed by atoms with Gasteiger partial charge in [-0.2, -0.15) is 4.73 Å². The van der Waals surface area contributed by atoms with E-state index in [0.29, 0.717) is 24.4 Å². The van der Waals surface area contributed by atoms with Gasteiger partial charge in [0.05, 0.1) is 69.8 Å². The number of nitrogens with zero attached hydrogens (tertiary/aromatic N) is 6. The second kappa shape index (κ2) is 22.4. The molecule has 0 fully saturated rings. The zero-order valence-corrected chi connectivity index (χ0v) is 30.0. The number of imidazole rings is 3. The Bertz CT molecular complexity index is 1870. The van der Waals surface area contributed by atoms with Gasteiger partial charge in [-0.25, -0.2) is 52.2 Å². The molecule has 23 nitrogen and oxygen atoms in total. The van der Waals surface area contributed by atoms with E-state index in [1.807, 2.05) is 54.6 Å². The van der Waals surface area contributed by atoms with Crippen molar-refractivity contribution >= 4 is 38.8 Å². The van der Waals surface area contributed by atoms with Crippen molar-refractivity contribution in [2.75, 3.05) is 0 Å². The molecule has 4 heterocycles. The molecule has 0 spiro atoms. The number of para-hydroxylation sites is 6. The summed E-state index contributed by atoms with van der Waals surface area (Å²) in [4.78, 5) is 36.3. The van der Waals surface area contributed by atoms with Crippen LogP contribution in [-0.2, 0) is 36.7 Å². The number of nitro groups is 1. The van der Waals surface area contributed by atoms with Crippen LogP contribution in [0.1, 0.15) is 17.5 Å². The van der Waals surface area contributed by atoms with Crippen molar-refractivity contribution in [2.24, 2.45) is 0 Å². The molecular formula is C29H31Cl2CuN9O14. The zero-order valence-electron chi connectivity index (χ0n) is 27.6. The van der Waals surface area contributed by atoms with E-state index in [1.54, 1.807) is 0 Å². The average Bonchev–Trinajstić information content (AvgIpc) is 3.75. The van der Waals surface area contributed by atoms with Crippen LogP contribution in [0.5, 0.6) is 0 Å². The molecule has 26 heteroatoms. The maximum Gasteiger partial charge on any atom is 2.00 e. The van der Waals surface area contributed by atoms with Crippen molar-refractivity contribution in [2.45, 2.75) is 19.6 Å². The largest absolute Gasteiger partial charge is 2.00 e. The van der Waals surface area contributed by atoms with Crippen molar-refractivity contribution in [3.63, 3.8) is 0 Å². The molecular weight excluding hydrogens is 833 g/mol. The van der Waals surface area contributed by atoms with Gasteiger partial charge >= 0.3 is 17.1 Å². The first-order valence-electron chi connectivity index (χ1n) is 14.1. The summed E-state index contributed by atoms with van der Waals surface area (Å²) < 4.78 is 68.4. The van der Waals surface area contributed by atoms with E-state index in [2.05, 4.69) is 38.1 Å². The van der Waals surface area contributed by atoms with Crippen molar-refractivity contribution in [3.8, 4) is 0 Å². The molecule has 3 aromatic carbocycles. The first-order chi connectivity index (χ1) is 24.0. The molecule has 0 aliphatic rings. The number of fused-ring (bicyclic) bond motifs is 3. The van der Waals surface area contributed by atoms with Crippen LogP contribution in [0.2, 0.25) is 0 Å². The Labute approximate surface area is 323 Å². The van der Waals surface area contributed by atoms with Crippen LogP contribution in [0, 0.1) is 35.8 Å². The molecule has 9 N–H and O–H groups in total. The van der Waals surface area contributed by atoms with Crippen molar-refractivity contribution in [1.82, 2.24) is 34.8 Å². The Hall–Kier alpha value is -4.96. The van der Waals surface area contributed by atoms with E-state index in [4.69, 9.17) is 52.2 Å². The summed E-state index contributed by atoms with van der Waals surface area (Å²) in [7, 11) is -9.89. The summed E-state index contributed by atoms with van der Waals surface area (Å²) in [5, 5.41) is 20.3. The number of hydrogen-bond acceptors (Lipinski definition) is 15. The number of halogens is 2. The maximum absolute atomic E-state index is 10.3. The van der Waals surface area contributed by atoms with Gasteiger partial charge < -0.3 is 36.6 Å². The molecule has 0 atom stereocenters. The number of hydrogen-bond donors (Lipinski definition) is 3. The van der Waals surface area contributed by atoms with Crippen molar-refractivity contribution < 1.29 is 101 Å². The summed E-state index contributed by atoms with van der Waals surface area (Å²) in [6, 6.07) is 26.6. The van der Waals surface area contributed by atoms with Crippen LogP contribution in [-0.4, -0.2) is 56.2 Å². The fourth-order valence-electron chi connectivity index (χ4n) is 4.57. The van der Waals surface area contributed by atoms with Crippen LogP contribution in [0.25, 0.3) is 33.1 Å². The standard InChI is InChI=1S/C24H21N7.C5H4N2O3.2ClHO4.Cu.3H2O/c1-2-8-17-16(7-1)25-22(26-17)13-31(14-23-27-18-9-3-4-10-19(18)28-23)15-24-29-20-11-5-6-12-21(20)30-24;8-6-3-1-5(2-4-6)7(9)10;2*2-1(3,4)5;;;;/h1-12H,13-15H2,(H,25,26)(H,27,28)(H,29,30);1-4H;2*(H,2,3,4,5);;3*1H2/q;;;;+2;;;/p-2. The average molecular weight is 864 g/mol. The minimum Gasteiger partial charge on any atom is -0.619 e. The quantitative estimate of drug-likeness (QED) is 0.0441. The number of benzene rings is 3. The van der Waals surface area contributed by atoms with Gasteiger partial charge in [-0.15, -0.1) is 20.5 Å². The van der Waals surface area contributed by atoms with Crippen LogP contribution < -0.4 is 42.0 Å². The Balaban J connectivity index is 0.00000102. The van der Waals surface area contributed by atoms with Gasteiger partial charge in [0.2, 0.25) is 0 Å². The molecule has 301 valence electrons. The first-order valence-corrected chi connectivity index (χ1v) is 16.6. The molecule has 7 aromatic rings. The molecule has 7 rings (SSSR count). The Kier molecular flexibility index (Phi) is 20.4. The zero-order chi connectivity index (χ0) is 37.2. The fourth-order valence-corrected chi connectivity index (χ4v) is 4.57. The van der Waals surface area contributed by atoms with Crippen LogP contribution in [0.15, 0.2) is 97.3 Å². The molecule has 0 amide bonds. The summed E-state index contributed by atoms with van der Waals surface area (Å²) in [6.07, 6.45) is 2.16. The van der Waals surface area contributed by atoms with E-state index >= 15 is 0 Å². The van der Waals surface area contributed by atoms with Gasteiger partial charge in [0.1, 0.15) is 17.5 Å². The van der Waals surface area contributed by atoms with Crippen molar-refractivity contribution in [1.29, 1.82) is 0 Å². The van der Waals surface area contributed by atoms with Gasteiger partial charge in [0.25, 0.3) is 5.69 Å². The van der Waals surface area contributed by atoms with E-state index in [9.17, 15) is 15.3 Å². The maximum atomic E-state index is 10.3. The minimum atomic E-state index is -4.94. The van der Waals surface area contributed by atoms with Gasteiger partial charge in [-0.1, -0.05) is 36.4 Å². The number of H-pyrrole nitrogens is 3. The summed E-state index contributed by atoms with van der Waals surface area (Å²) in [5.41, 5.74) is 5.99. The van der Waals surface area contributed by atoms with Crippen LogP contribution in [0.4, 0.5) is 5.69 Å². The third-order valence-electron chi connectivity index (χ3n) is 6.43. The van der Waals surface area contributed by atoms with Gasteiger partial charge in [0.15, 0.2) is 12.4 Å². The number of rotatable bonds is 7. The molecule has 55 heavy (non-hydrogen) atoms. The first kappa shape index (κ1) is 50.0. The van der Waals surface area contributed by atoms with E-state index in [-0.39, 0.29) is 39.2 Å². The Morgan fingerprint density at radius 3 is 1.09 bits per heavy atom. The second-order valence-corrected chi connectivity index (χ2v) is 11.7. The SMILES string of the molecule is O.O.O.O=[N+]([O-])c1cc[n+]([O-])cc1.[Cu+2].[O-][Cl+3]([O-])([O-])[O-].[O-][Cl+3]([O-])([O-])[O-].c1ccc2[nH]c(CN(Cc3nc4ccccc4[nH]3)Cc3nc4ccccc4[nH]3)nc2c1. The topological polar surface area (TPSA) is 438 Å². The monoisotopic (exact) mass is 862 g/mol. The van der Waals surface area contributed by atoms with Gasteiger partial charge in [-0.3, -0.25) is 15.0 Å². The fraction of sp³-hybridized carbons (Fsp3) is 0.103. The Morgan fingerprint density at radius 2 is 0.836 bits per heavy atom. The normalized spacial score (nSPS) is 10.6. The number of pyridine rings is 1. The molecule has 4 aromatic heterocycles. The molecule has 0 aliphatic carbocycles. The summed E-state index contributed by atoms with van der Waals surface area (Å²) in [5.74, 6) is 2.77. The number of aromatic nitrogens is 7. The minimum absolute atomic E-state index is 0.